The lowest BCUT2D eigenvalue weighted by molar-refractivity contribution is 1.05. The molecule has 0 saturated heterocycles. The van der Waals surface area contributed by atoms with Gasteiger partial charge < -0.3 is 0 Å². The Kier molecular flexibility index (Phi) is 1.53. The molecule has 1 aromatic carbocycles. The lowest BCUT2D eigenvalue weighted by atomic mass is 10.2. The number of fused-ring (bicyclic) bond motifs is 3. The van der Waals surface area contributed by atoms with Crippen LogP contribution in [0.5, 0.6) is 0 Å². The van der Waals surface area contributed by atoms with Crippen LogP contribution in [-0.2, 0) is 0 Å². The monoisotopic (exact) mass is 198 g/mol. The number of aromatic amines is 1. The summed E-state index contributed by atoms with van der Waals surface area (Å²) in [6.45, 7) is 0. The average Bonchev–Trinajstić information content (AvgIpc) is 2.64. The number of hydrogen-bond donors (Lipinski definition) is 1. The second-order valence-electron chi connectivity index (χ2n) is 3.20. The summed E-state index contributed by atoms with van der Waals surface area (Å²) in [7, 11) is 0. The van der Waals surface area contributed by atoms with E-state index in [4.69, 9.17) is 0 Å². The molecule has 0 unspecified atom stereocenters. The standard InChI is InChI=1S/C10H6N4O/c15-9-4-2-6-1-3-8-7(5-11-12-8)10(6)14-13-9/h1-5H,(H,13,15). The SMILES string of the molecule is O=c1ccc2ccc3nncc3c2n[nH]1. The molecule has 15 heavy (non-hydrogen) atoms. The molecule has 0 aliphatic rings. The Morgan fingerprint density at radius 1 is 1.13 bits per heavy atom. The normalized spacial score (nSPS) is 10.9. The van der Waals surface area contributed by atoms with Crippen LogP contribution in [0.1, 0.15) is 0 Å². The number of hydrogen-bond acceptors (Lipinski definition) is 4. The van der Waals surface area contributed by atoms with Gasteiger partial charge in [0.05, 0.1) is 17.1 Å². The van der Waals surface area contributed by atoms with Crippen molar-refractivity contribution in [1.29, 1.82) is 0 Å². The van der Waals surface area contributed by atoms with Gasteiger partial charge in [0, 0.05) is 11.5 Å². The van der Waals surface area contributed by atoms with E-state index in [1.54, 1.807) is 12.3 Å². The van der Waals surface area contributed by atoms with E-state index in [9.17, 15) is 4.79 Å². The molecule has 5 nitrogen and oxygen atoms in total. The van der Waals surface area contributed by atoms with Crippen molar-refractivity contribution in [2.75, 3.05) is 0 Å². The fourth-order valence-corrected chi connectivity index (χ4v) is 1.55. The third-order valence-corrected chi connectivity index (χ3v) is 2.27. The van der Waals surface area contributed by atoms with Gasteiger partial charge in [0.2, 0.25) is 0 Å². The summed E-state index contributed by atoms with van der Waals surface area (Å²) in [4.78, 5) is 11.1. The minimum Gasteiger partial charge on any atom is -0.268 e. The van der Waals surface area contributed by atoms with Crippen molar-refractivity contribution < 1.29 is 0 Å². The molecule has 0 bridgehead atoms. The molecular weight excluding hydrogens is 192 g/mol. The van der Waals surface area contributed by atoms with Crippen LogP contribution in [0, 0.1) is 0 Å². The molecule has 0 atom stereocenters. The van der Waals surface area contributed by atoms with E-state index in [-0.39, 0.29) is 5.56 Å². The second kappa shape index (κ2) is 2.84. The molecule has 5 heteroatoms. The Hall–Kier alpha value is -2.30. The van der Waals surface area contributed by atoms with Crippen molar-refractivity contribution >= 4 is 21.8 Å². The lowest BCUT2D eigenvalue weighted by Gasteiger charge is -1.90. The van der Waals surface area contributed by atoms with Gasteiger partial charge in [-0.05, 0) is 12.1 Å². The predicted octanol–water partition coefficient (Wildman–Crippen LogP) is 0.866. The molecule has 0 spiro atoms. The second-order valence-corrected chi connectivity index (χ2v) is 3.20. The highest BCUT2D eigenvalue weighted by molar-refractivity contribution is 6.02. The largest absolute Gasteiger partial charge is 0.268 e. The summed E-state index contributed by atoms with van der Waals surface area (Å²) < 4.78 is 0. The molecule has 3 aromatic rings. The number of aromatic nitrogens is 4. The molecule has 0 radical (unpaired) electrons. The minimum atomic E-state index is -0.230. The first kappa shape index (κ1) is 8.05. The molecular formula is C10H6N4O. The molecule has 0 fully saturated rings. The quantitative estimate of drug-likeness (QED) is 0.581. The van der Waals surface area contributed by atoms with E-state index in [0.29, 0.717) is 5.52 Å². The van der Waals surface area contributed by atoms with E-state index in [1.807, 2.05) is 12.1 Å². The zero-order chi connectivity index (χ0) is 10.3. The van der Waals surface area contributed by atoms with Crippen LogP contribution in [0.3, 0.4) is 0 Å². The molecule has 2 heterocycles. The van der Waals surface area contributed by atoms with Crippen molar-refractivity contribution in [3.8, 4) is 0 Å². The van der Waals surface area contributed by atoms with Gasteiger partial charge in [-0.3, -0.25) is 4.79 Å². The first-order chi connectivity index (χ1) is 7.34. The highest BCUT2D eigenvalue weighted by Crippen LogP contribution is 2.19. The number of H-pyrrole nitrogens is 1. The zero-order valence-corrected chi connectivity index (χ0v) is 7.64. The summed E-state index contributed by atoms with van der Waals surface area (Å²) in [5, 5.41) is 15.9. The van der Waals surface area contributed by atoms with Gasteiger partial charge in [-0.15, -0.1) is 0 Å². The first-order valence-electron chi connectivity index (χ1n) is 4.44. The summed E-state index contributed by atoms with van der Waals surface area (Å²) in [6, 6.07) is 6.90. The maximum Gasteiger partial charge on any atom is 0.264 e. The van der Waals surface area contributed by atoms with Gasteiger partial charge in [-0.2, -0.15) is 15.3 Å². The van der Waals surface area contributed by atoms with Gasteiger partial charge in [-0.25, -0.2) is 5.10 Å². The molecule has 72 valence electrons. The van der Waals surface area contributed by atoms with Gasteiger partial charge >= 0.3 is 0 Å². The van der Waals surface area contributed by atoms with Crippen molar-refractivity contribution in [3.63, 3.8) is 0 Å². The van der Waals surface area contributed by atoms with Crippen LogP contribution in [0.2, 0.25) is 0 Å². The van der Waals surface area contributed by atoms with Crippen molar-refractivity contribution in [2.24, 2.45) is 0 Å². The molecule has 0 aliphatic heterocycles. The van der Waals surface area contributed by atoms with Crippen molar-refractivity contribution in [2.45, 2.75) is 0 Å². The summed E-state index contributed by atoms with van der Waals surface area (Å²) in [6.07, 6.45) is 1.64. The van der Waals surface area contributed by atoms with E-state index >= 15 is 0 Å². The average molecular weight is 198 g/mol. The topological polar surface area (TPSA) is 71.5 Å². The zero-order valence-electron chi connectivity index (χ0n) is 7.64. The lowest BCUT2D eigenvalue weighted by Crippen LogP contribution is -1.99. The molecule has 0 amide bonds. The summed E-state index contributed by atoms with van der Waals surface area (Å²) in [5.74, 6) is 0. The molecule has 0 saturated carbocycles. The van der Waals surface area contributed by atoms with Crippen LogP contribution in [0.4, 0.5) is 0 Å². The van der Waals surface area contributed by atoms with Gasteiger partial charge in [0.25, 0.3) is 5.56 Å². The molecule has 2 aromatic heterocycles. The van der Waals surface area contributed by atoms with Crippen LogP contribution in [0.15, 0.2) is 35.3 Å². The number of benzene rings is 1. The Bertz CT molecular complexity index is 704. The Morgan fingerprint density at radius 2 is 2.00 bits per heavy atom. The molecule has 0 aliphatic carbocycles. The van der Waals surface area contributed by atoms with Gasteiger partial charge in [0.15, 0.2) is 0 Å². The Labute approximate surface area is 83.8 Å². The Balaban J connectivity index is 2.63. The smallest absolute Gasteiger partial charge is 0.264 e. The minimum absolute atomic E-state index is 0.230. The number of rotatable bonds is 0. The van der Waals surface area contributed by atoms with Crippen LogP contribution in [-0.4, -0.2) is 20.4 Å². The van der Waals surface area contributed by atoms with E-state index in [1.165, 1.54) is 6.07 Å². The molecule has 3 rings (SSSR count). The predicted molar refractivity (Wildman–Crippen MR) is 55.5 cm³/mol. The summed E-state index contributed by atoms with van der Waals surface area (Å²) in [5.41, 5.74) is 1.26. The maximum atomic E-state index is 11.1. The number of nitrogens with zero attached hydrogens (tertiary/aromatic N) is 3. The highest BCUT2D eigenvalue weighted by atomic mass is 16.1. The van der Waals surface area contributed by atoms with E-state index < -0.39 is 0 Å². The van der Waals surface area contributed by atoms with Crippen LogP contribution >= 0.6 is 0 Å². The fourth-order valence-electron chi connectivity index (χ4n) is 1.55. The van der Waals surface area contributed by atoms with Crippen molar-refractivity contribution in [3.05, 3.63) is 40.8 Å². The van der Waals surface area contributed by atoms with Crippen LogP contribution in [0.25, 0.3) is 21.8 Å². The van der Waals surface area contributed by atoms with Gasteiger partial charge in [-0.1, -0.05) is 6.07 Å². The number of nitrogens with one attached hydrogen (secondary N) is 1. The summed E-state index contributed by atoms with van der Waals surface area (Å²) >= 11 is 0. The third-order valence-electron chi connectivity index (χ3n) is 2.27. The highest BCUT2D eigenvalue weighted by Gasteiger charge is 2.02. The molecule has 1 N–H and O–H groups in total. The first-order valence-corrected chi connectivity index (χ1v) is 4.44. The van der Waals surface area contributed by atoms with E-state index in [2.05, 4.69) is 20.4 Å². The maximum absolute atomic E-state index is 11.1. The van der Waals surface area contributed by atoms with Gasteiger partial charge in [0.1, 0.15) is 5.52 Å². The van der Waals surface area contributed by atoms with E-state index in [0.717, 1.165) is 16.3 Å². The van der Waals surface area contributed by atoms with Crippen LogP contribution < -0.4 is 5.56 Å². The fraction of sp³-hybridized carbons (Fsp3) is 0. The third kappa shape index (κ3) is 1.17. The Morgan fingerprint density at radius 3 is 2.93 bits per heavy atom. The van der Waals surface area contributed by atoms with Crippen molar-refractivity contribution in [1.82, 2.24) is 20.4 Å².